The van der Waals surface area contributed by atoms with Crippen LogP contribution in [0.25, 0.3) is 6.08 Å². The number of carbonyl (C=O) groups is 2. The van der Waals surface area contributed by atoms with E-state index in [1.807, 2.05) is 6.92 Å². The van der Waals surface area contributed by atoms with E-state index in [0.717, 1.165) is 0 Å². The van der Waals surface area contributed by atoms with E-state index in [-0.39, 0.29) is 5.91 Å². The molecule has 2 aromatic rings. The predicted octanol–water partition coefficient (Wildman–Crippen LogP) is 3.23. The lowest BCUT2D eigenvalue weighted by Crippen LogP contribution is -2.22. The van der Waals surface area contributed by atoms with Crippen molar-refractivity contribution in [1.82, 2.24) is 5.32 Å². The minimum atomic E-state index is -0.402. The third-order valence-electron chi connectivity index (χ3n) is 3.05. The lowest BCUT2D eigenvalue weighted by molar-refractivity contribution is -0.111. The van der Waals surface area contributed by atoms with Crippen LogP contribution in [-0.4, -0.2) is 18.4 Å². The van der Waals surface area contributed by atoms with Crippen molar-refractivity contribution in [3.8, 4) is 0 Å². The Morgan fingerprint density at radius 1 is 1.13 bits per heavy atom. The first-order chi connectivity index (χ1) is 11.1. The zero-order chi connectivity index (χ0) is 16.7. The van der Waals surface area contributed by atoms with Crippen molar-refractivity contribution in [1.29, 1.82) is 0 Å². The second kappa shape index (κ2) is 7.89. The van der Waals surface area contributed by atoms with Gasteiger partial charge in [-0.3, -0.25) is 9.59 Å². The second-order valence-electron chi connectivity index (χ2n) is 4.78. The maximum absolute atomic E-state index is 13.5. The van der Waals surface area contributed by atoms with Crippen LogP contribution in [0.2, 0.25) is 0 Å². The van der Waals surface area contributed by atoms with Gasteiger partial charge in [-0.15, -0.1) is 0 Å². The molecule has 0 heterocycles. The van der Waals surface area contributed by atoms with Crippen molar-refractivity contribution < 1.29 is 14.0 Å². The molecular weight excluding hydrogens is 295 g/mol. The van der Waals surface area contributed by atoms with Crippen LogP contribution in [0.1, 0.15) is 22.8 Å². The molecule has 0 radical (unpaired) electrons. The van der Waals surface area contributed by atoms with Gasteiger partial charge in [-0.25, -0.2) is 4.39 Å². The van der Waals surface area contributed by atoms with E-state index in [4.69, 9.17) is 0 Å². The lowest BCUT2D eigenvalue weighted by atomic mass is 10.2. The van der Waals surface area contributed by atoms with Gasteiger partial charge in [0.1, 0.15) is 5.82 Å². The zero-order valence-electron chi connectivity index (χ0n) is 12.7. The molecule has 0 bridgehead atoms. The molecule has 0 saturated carbocycles. The zero-order valence-corrected chi connectivity index (χ0v) is 12.7. The van der Waals surface area contributed by atoms with E-state index in [9.17, 15) is 14.0 Å². The van der Waals surface area contributed by atoms with E-state index in [1.165, 1.54) is 18.2 Å². The van der Waals surface area contributed by atoms with Crippen LogP contribution in [-0.2, 0) is 4.79 Å². The van der Waals surface area contributed by atoms with Crippen LogP contribution in [0, 0.1) is 5.82 Å². The molecule has 0 aliphatic rings. The van der Waals surface area contributed by atoms with E-state index in [1.54, 1.807) is 42.5 Å². The van der Waals surface area contributed by atoms with Crippen LogP contribution in [0.15, 0.2) is 54.6 Å². The highest BCUT2D eigenvalue weighted by atomic mass is 19.1. The Labute approximate surface area is 134 Å². The van der Waals surface area contributed by atoms with Gasteiger partial charge < -0.3 is 10.6 Å². The number of hydrogen-bond donors (Lipinski definition) is 2. The summed E-state index contributed by atoms with van der Waals surface area (Å²) in [7, 11) is 0. The Hall–Kier alpha value is -2.95. The molecule has 0 aliphatic heterocycles. The Bertz CT molecular complexity index is 741. The molecule has 0 aromatic heterocycles. The van der Waals surface area contributed by atoms with Gasteiger partial charge in [-0.2, -0.15) is 0 Å². The fraction of sp³-hybridized carbons (Fsp3) is 0.111. The van der Waals surface area contributed by atoms with E-state index in [2.05, 4.69) is 10.6 Å². The van der Waals surface area contributed by atoms with Crippen molar-refractivity contribution in [3.05, 3.63) is 71.6 Å². The molecule has 5 heteroatoms. The SMILES string of the molecule is CCNC(=O)c1cccc(NC(=O)C=Cc2ccccc2F)c1. The highest BCUT2D eigenvalue weighted by Gasteiger charge is 2.06. The Morgan fingerprint density at radius 2 is 1.91 bits per heavy atom. The highest BCUT2D eigenvalue weighted by Crippen LogP contribution is 2.12. The third-order valence-corrected chi connectivity index (χ3v) is 3.05. The molecule has 0 aliphatic carbocycles. The van der Waals surface area contributed by atoms with Gasteiger partial charge in [0, 0.05) is 29.4 Å². The average Bonchev–Trinajstić information content (AvgIpc) is 2.54. The Kier molecular flexibility index (Phi) is 5.63. The van der Waals surface area contributed by atoms with E-state index >= 15 is 0 Å². The molecule has 4 nitrogen and oxygen atoms in total. The summed E-state index contributed by atoms with van der Waals surface area (Å²) in [4.78, 5) is 23.6. The molecule has 2 rings (SSSR count). The topological polar surface area (TPSA) is 58.2 Å². The quantitative estimate of drug-likeness (QED) is 0.833. The summed E-state index contributed by atoms with van der Waals surface area (Å²) < 4.78 is 13.5. The molecular formula is C18H17FN2O2. The average molecular weight is 312 g/mol. The molecule has 2 amide bonds. The van der Waals surface area contributed by atoms with Gasteiger partial charge in [0.25, 0.3) is 5.91 Å². The molecule has 23 heavy (non-hydrogen) atoms. The molecule has 0 unspecified atom stereocenters. The molecule has 118 valence electrons. The second-order valence-corrected chi connectivity index (χ2v) is 4.78. The maximum atomic E-state index is 13.5. The van der Waals surface area contributed by atoms with Gasteiger partial charge in [0.05, 0.1) is 0 Å². The van der Waals surface area contributed by atoms with Gasteiger partial charge >= 0.3 is 0 Å². The normalized spacial score (nSPS) is 10.5. The predicted molar refractivity (Wildman–Crippen MR) is 88.5 cm³/mol. The molecule has 0 atom stereocenters. The fourth-order valence-corrected chi connectivity index (χ4v) is 1.96. The van der Waals surface area contributed by atoms with Crippen LogP contribution in [0.4, 0.5) is 10.1 Å². The summed E-state index contributed by atoms with van der Waals surface area (Å²) in [6.45, 7) is 2.36. The molecule has 2 aromatic carbocycles. The van der Waals surface area contributed by atoms with Crippen LogP contribution in [0.3, 0.4) is 0 Å². The third kappa shape index (κ3) is 4.78. The smallest absolute Gasteiger partial charge is 0.251 e. The number of rotatable bonds is 5. The summed E-state index contributed by atoms with van der Waals surface area (Å²) in [6, 6.07) is 12.8. The fourth-order valence-electron chi connectivity index (χ4n) is 1.96. The number of amides is 2. The number of nitrogens with one attached hydrogen (secondary N) is 2. The number of hydrogen-bond acceptors (Lipinski definition) is 2. The van der Waals surface area contributed by atoms with Crippen LogP contribution >= 0.6 is 0 Å². The molecule has 0 saturated heterocycles. The summed E-state index contributed by atoms with van der Waals surface area (Å²) in [6.07, 6.45) is 2.65. The summed E-state index contributed by atoms with van der Waals surface area (Å²) in [5.41, 5.74) is 1.29. The standard InChI is InChI=1S/C18H17FN2O2/c1-2-20-18(23)14-7-5-8-15(12-14)21-17(22)11-10-13-6-3-4-9-16(13)19/h3-12H,2H2,1H3,(H,20,23)(H,21,22). The Balaban J connectivity index is 2.04. The van der Waals surface area contributed by atoms with Gasteiger partial charge in [0.2, 0.25) is 5.91 Å². The first-order valence-electron chi connectivity index (χ1n) is 7.22. The number of halogens is 1. The maximum Gasteiger partial charge on any atom is 0.251 e. The number of benzene rings is 2. The van der Waals surface area contributed by atoms with Gasteiger partial charge in [-0.05, 0) is 37.3 Å². The summed E-state index contributed by atoms with van der Waals surface area (Å²) >= 11 is 0. The largest absolute Gasteiger partial charge is 0.352 e. The van der Waals surface area contributed by atoms with Crippen molar-refractivity contribution in [3.63, 3.8) is 0 Å². The van der Waals surface area contributed by atoms with E-state index in [0.29, 0.717) is 23.4 Å². The van der Waals surface area contributed by atoms with Crippen molar-refractivity contribution in [2.75, 3.05) is 11.9 Å². The van der Waals surface area contributed by atoms with Gasteiger partial charge in [-0.1, -0.05) is 24.3 Å². The van der Waals surface area contributed by atoms with Gasteiger partial charge in [0.15, 0.2) is 0 Å². The number of anilines is 1. The summed E-state index contributed by atoms with van der Waals surface area (Å²) in [5.74, 6) is -0.999. The Morgan fingerprint density at radius 3 is 2.65 bits per heavy atom. The summed E-state index contributed by atoms with van der Waals surface area (Å²) in [5, 5.41) is 5.33. The van der Waals surface area contributed by atoms with Crippen LogP contribution < -0.4 is 10.6 Å². The minimum absolute atomic E-state index is 0.203. The van der Waals surface area contributed by atoms with Crippen molar-refractivity contribution in [2.24, 2.45) is 0 Å². The van der Waals surface area contributed by atoms with Crippen molar-refractivity contribution >= 4 is 23.6 Å². The minimum Gasteiger partial charge on any atom is -0.352 e. The first kappa shape index (κ1) is 16.4. The lowest BCUT2D eigenvalue weighted by Gasteiger charge is -2.06. The van der Waals surface area contributed by atoms with E-state index < -0.39 is 11.7 Å². The molecule has 0 spiro atoms. The first-order valence-corrected chi connectivity index (χ1v) is 7.22. The highest BCUT2D eigenvalue weighted by molar-refractivity contribution is 6.03. The number of carbonyl (C=O) groups excluding carboxylic acids is 2. The van der Waals surface area contributed by atoms with Crippen LogP contribution in [0.5, 0.6) is 0 Å². The van der Waals surface area contributed by atoms with Crippen molar-refractivity contribution in [2.45, 2.75) is 6.92 Å². The molecule has 0 fully saturated rings. The molecule has 2 N–H and O–H groups in total. The monoisotopic (exact) mass is 312 g/mol.